The first-order valence-corrected chi connectivity index (χ1v) is 4.62. The fraction of sp³-hybridized carbons (Fsp3) is 0.500. The van der Waals surface area contributed by atoms with E-state index in [1.54, 1.807) is 7.11 Å². The van der Waals surface area contributed by atoms with Crippen LogP contribution in [0.2, 0.25) is 0 Å². The summed E-state index contributed by atoms with van der Waals surface area (Å²) >= 11 is 0. The third kappa shape index (κ3) is 2.25. The van der Waals surface area contributed by atoms with Gasteiger partial charge in [0.1, 0.15) is 6.79 Å². The highest BCUT2D eigenvalue weighted by Crippen LogP contribution is 2.33. The van der Waals surface area contributed by atoms with E-state index in [9.17, 15) is 0 Å². The summed E-state index contributed by atoms with van der Waals surface area (Å²) in [7, 11) is 1.62. The van der Waals surface area contributed by atoms with Gasteiger partial charge in [0.25, 0.3) is 0 Å². The SMILES string of the molecule is C#CCC1=C(C)C(OCOC)CC1=C. The van der Waals surface area contributed by atoms with E-state index in [1.807, 2.05) is 6.92 Å². The Balaban J connectivity index is 2.67. The van der Waals surface area contributed by atoms with Crippen LogP contribution >= 0.6 is 0 Å². The van der Waals surface area contributed by atoms with Gasteiger partial charge in [-0.3, -0.25) is 0 Å². The van der Waals surface area contributed by atoms with Crippen molar-refractivity contribution in [2.45, 2.75) is 25.9 Å². The Morgan fingerprint density at radius 1 is 1.64 bits per heavy atom. The maximum absolute atomic E-state index is 5.50. The molecule has 0 N–H and O–H groups in total. The second-order valence-corrected chi connectivity index (χ2v) is 3.41. The average molecular weight is 192 g/mol. The molecule has 0 amide bonds. The zero-order chi connectivity index (χ0) is 10.6. The van der Waals surface area contributed by atoms with Crippen molar-refractivity contribution in [2.75, 3.05) is 13.9 Å². The Morgan fingerprint density at radius 2 is 2.36 bits per heavy atom. The number of rotatable bonds is 4. The molecule has 2 nitrogen and oxygen atoms in total. The summed E-state index contributed by atoms with van der Waals surface area (Å²) in [6.45, 7) is 6.35. The van der Waals surface area contributed by atoms with Crippen molar-refractivity contribution in [2.24, 2.45) is 0 Å². The highest BCUT2D eigenvalue weighted by atomic mass is 16.7. The molecule has 0 heterocycles. The number of hydrogen-bond donors (Lipinski definition) is 0. The van der Waals surface area contributed by atoms with Crippen LogP contribution in [0.15, 0.2) is 23.3 Å². The van der Waals surface area contributed by atoms with Crippen molar-refractivity contribution < 1.29 is 9.47 Å². The van der Waals surface area contributed by atoms with Crippen LogP contribution < -0.4 is 0 Å². The molecule has 0 saturated heterocycles. The summed E-state index contributed by atoms with van der Waals surface area (Å²) in [5.41, 5.74) is 3.47. The van der Waals surface area contributed by atoms with E-state index in [2.05, 4.69) is 12.5 Å². The van der Waals surface area contributed by atoms with E-state index in [0.29, 0.717) is 13.2 Å². The lowest BCUT2D eigenvalue weighted by Crippen LogP contribution is -2.12. The summed E-state index contributed by atoms with van der Waals surface area (Å²) in [6.07, 6.45) is 6.88. The molecule has 0 saturated carbocycles. The molecule has 0 radical (unpaired) electrons. The van der Waals surface area contributed by atoms with Gasteiger partial charge in [-0.2, -0.15) is 0 Å². The van der Waals surface area contributed by atoms with Gasteiger partial charge in [0.15, 0.2) is 0 Å². The van der Waals surface area contributed by atoms with Crippen LogP contribution in [0.25, 0.3) is 0 Å². The van der Waals surface area contributed by atoms with Gasteiger partial charge in [-0.25, -0.2) is 0 Å². The Hall–Kier alpha value is -1.04. The summed E-state index contributed by atoms with van der Waals surface area (Å²) in [5.74, 6) is 2.64. The van der Waals surface area contributed by atoms with E-state index in [-0.39, 0.29) is 6.10 Å². The molecule has 1 aliphatic rings. The largest absolute Gasteiger partial charge is 0.359 e. The van der Waals surface area contributed by atoms with Crippen LogP contribution in [0.5, 0.6) is 0 Å². The van der Waals surface area contributed by atoms with E-state index in [1.165, 1.54) is 11.1 Å². The van der Waals surface area contributed by atoms with Gasteiger partial charge in [-0.15, -0.1) is 12.3 Å². The van der Waals surface area contributed by atoms with Gasteiger partial charge in [-0.05, 0) is 23.6 Å². The molecule has 1 atom stereocenters. The predicted molar refractivity (Wildman–Crippen MR) is 56.7 cm³/mol. The lowest BCUT2D eigenvalue weighted by atomic mass is 10.1. The van der Waals surface area contributed by atoms with Gasteiger partial charge in [0.2, 0.25) is 0 Å². The van der Waals surface area contributed by atoms with Crippen LogP contribution in [0.1, 0.15) is 19.8 Å². The number of allylic oxidation sites excluding steroid dienone is 1. The maximum Gasteiger partial charge on any atom is 0.147 e. The van der Waals surface area contributed by atoms with Crippen molar-refractivity contribution >= 4 is 0 Å². The van der Waals surface area contributed by atoms with Crippen LogP contribution in [0.4, 0.5) is 0 Å². The number of methoxy groups -OCH3 is 1. The summed E-state index contributed by atoms with van der Waals surface area (Å²) < 4.78 is 10.4. The zero-order valence-electron chi connectivity index (χ0n) is 8.80. The maximum atomic E-state index is 5.50. The quantitative estimate of drug-likeness (QED) is 0.502. The Kier molecular flexibility index (Phi) is 3.94. The highest BCUT2D eigenvalue weighted by Gasteiger charge is 2.25. The van der Waals surface area contributed by atoms with E-state index in [0.717, 1.165) is 12.0 Å². The second kappa shape index (κ2) is 4.99. The minimum absolute atomic E-state index is 0.103. The normalized spacial score (nSPS) is 21.5. The molecule has 0 fully saturated rings. The number of ether oxygens (including phenoxy) is 2. The molecule has 0 aromatic heterocycles. The number of terminal acetylenes is 1. The first-order valence-electron chi connectivity index (χ1n) is 4.62. The lowest BCUT2D eigenvalue weighted by Gasteiger charge is -2.11. The standard InChI is InChI=1S/C12H16O2/c1-5-6-11-9(2)7-12(10(11)3)14-8-13-4/h1,12H,2,6-8H2,3-4H3. The molecular weight excluding hydrogens is 176 g/mol. The first kappa shape index (κ1) is 11.0. The predicted octanol–water partition coefficient (Wildman–Crippen LogP) is 2.28. The van der Waals surface area contributed by atoms with Crippen LogP contribution in [-0.2, 0) is 9.47 Å². The average Bonchev–Trinajstić information content (AvgIpc) is 2.43. The molecule has 76 valence electrons. The highest BCUT2D eigenvalue weighted by molar-refractivity contribution is 5.43. The van der Waals surface area contributed by atoms with E-state index >= 15 is 0 Å². The molecule has 0 spiro atoms. The van der Waals surface area contributed by atoms with Gasteiger partial charge < -0.3 is 9.47 Å². The smallest absolute Gasteiger partial charge is 0.147 e. The van der Waals surface area contributed by atoms with Crippen LogP contribution in [0, 0.1) is 12.3 Å². The molecule has 0 aromatic rings. The third-order valence-corrected chi connectivity index (χ3v) is 2.48. The molecule has 0 bridgehead atoms. The fourth-order valence-corrected chi connectivity index (χ4v) is 1.67. The number of hydrogen-bond acceptors (Lipinski definition) is 2. The van der Waals surface area contributed by atoms with Crippen molar-refractivity contribution in [3.05, 3.63) is 23.3 Å². The van der Waals surface area contributed by atoms with Gasteiger partial charge in [-0.1, -0.05) is 6.58 Å². The van der Waals surface area contributed by atoms with Crippen molar-refractivity contribution in [3.63, 3.8) is 0 Å². The molecule has 14 heavy (non-hydrogen) atoms. The molecule has 1 rings (SSSR count). The van der Waals surface area contributed by atoms with Gasteiger partial charge in [0.05, 0.1) is 6.10 Å². The third-order valence-electron chi connectivity index (χ3n) is 2.48. The molecule has 2 heteroatoms. The van der Waals surface area contributed by atoms with Crippen molar-refractivity contribution in [1.82, 2.24) is 0 Å². The monoisotopic (exact) mass is 192 g/mol. The first-order chi connectivity index (χ1) is 6.70. The van der Waals surface area contributed by atoms with Crippen molar-refractivity contribution in [1.29, 1.82) is 0 Å². The van der Waals surface area contributed by atoms with Gasteiger partial charge in [0, 0.05) is 20.0 Å². The minimum Gasteiger partial charge on any atom is -0.359 e. The molecular formula is C12H16O2. The summed E-state index contributed by atoms with van der Waals surface area (Å²) in [5, 5.41) is 0. The Labute approximate surface area is 85.6 Å². The summed E-state index contributed by atoms with van der Waals surface area (Å²) in [4.78, 5) is 0. The molecule has 1 unspecified atom stereocenters. The molecule has 1 aliphatic carbocycles. The Morgan fingerprint density at radius 3 is 2.93 bits per heavy atom. The van der Waals surface area contributed by atoms with E-state index < -0.39 is 0 Å². The van der Waals surface area contributed by atoms with Crippen molar-refractivity contribution in [3.8, 4) is 12.3 Å². The second-order valence-electron chi connectivity index (χ2n) is 3.41. The Bertz CT molecular complexity index is 294. The molecule has 0 aromatic carbocycles. The summed E-state index contributed by atoms with van der Waals surface area (Å²) in [6, 6.07) is 0. The fourth-order valence-electron chi connectivity index (χ4n) is 1.67. The lowest BCUT2D eigenvalue weighted by molar-refractivity contribution is -0.0565. The van der Waals surface area contributed by atoms with Gasteiger partial charge >= 0.3 is 0 Å². The van der Waals surface area contributed by atoms with Crippen LogP contribution in [0.3, 0.4) is 0 Å². The topological polar surface area (TPSA) is 18.5 Å². The minimum atomic E-state index is 0.103. The zero-order valence-corrected chi connectivity index (χ0v) is 8.80. The van der Waals surface area contributed by atoms with Crippen LogP contribution in [-0.4, -0.2) is 20.0 Å². The van der Waals surface area contributed by atoms with E-state index in [4.69, 9.17) is 15.9 Å². The molecule has 0 aliphatic heterocycles.